The predicted octanol–water partition coefficient (Wildman–Crippen LogP) is 4.76. The lowest BCUT2D eigenvalue weighted by Gasteiger charge is -2.19. The fourth-order valence-electron chi connectivity index (χ4n) is 3.16. The third-order valence-corrected chi connectivity index (χ3v) is 4.79. The van der Waals surface area contributed by atoms with E-state index in [-0.39, 0.29) is 11.3 Å². The number of hydrogen-bond donors (Lipinski definition) is 2. The van der Waals surface area contributed by atoms with Crippen molar-refractivity contribution < 1.29 is 27.5 Å². The Labute approximate surface area is 195 Å². The van der Waals surface area contributed by atoms with Gasteiger partial charge >= 0.3 is 5.97 Å². The van der Waals surface area contributed by atoms with E-state index in [2.05, 4.69) is 10.3 Å². The standard InChI is InChI=1S/C25H24F3N3O3/c1-25(2,3)34-24(33)15-6-4-14(5-7-15)10-16-11-21(18(13-30-16)23(29)32)31-12-17-19(26)8-9-20(27)22(17)28/h4-9,11,13H,10,12H2,1-3H3,(H2,29,32)(H,30,31). The highest BCUT2D eigenvalue weighted by molar-refractivity contribution is 5.98. The number of carbonyl (C=O) groups excluding carboxylic acids is 2. The molecular weight excluding hydrogens is 447 g/mol. The molecule has 0 radical (unpaired) electrons. The van der Waals surface area contributed by atoms with E-state index >= 15 is 0 Å². The van der Waals surface area contributed by atoms with E-state index in [9.17, 15) is 22.8 Å². The number of carbonyl (C=O) groups is 2. The van der Waals surface area contributed by atoms with Crippen molar-refractivity contribution in [2.75, 3.05) is 5.32 Å². The number of hydrogen-bond acceptors (Lipinski definition) is 5. The summed E-state index contributed by atoms with van der Waals surface area (Å²) >= 11 is 0. The van der Waals surface area contributed by atoms with Gasteiger partial charge in [0.1, 0.15) is 11.4 Å². The van der Waals surface area contributed by atoms with Crippen LogP contribution in [-0.2, 0) is 17.7 Å². The van der Waals surface area contributed by atoms with E-state index in [1.807, 2.05) is 0 Å². The van der Waals surface area contributed by atoms with E-state index in [0.29, 0.717) is 23.7 Å². The number of benzene rings is 2. The summed E-state index contributed by atoms with van der Waals surface area (Å²) in [7, 11) is 0. The molecule has 0 saturated carbocycles. The summed E-state index contributed by atoms with van der Waals surface area (Å²) in [5.74, 6) is -4.65. The molecule has 0 aliphatic carbocycles. The third-order valence-electron chi connectivity index (χ3n) is 4.79. The van der Waals surface area contributed by atoms with Gasteiger partial charge < -0.3 is 15.8 Å². The third kappa shape index (κ3) is 6.12. The zero-order valence-corrected chi connectivity index (χ0v) is 18.9. The molecule has 0 atom stereocenters. The normalized spacial score (nSPS) is 11.2. The Bertz CT molecular complexity index is 1220. The van der Waals surface area contributed by atoms with Gasteiger partial charge in [-0.25, -0.2) is 18.0 Å². The van der Waals surface area contributed by atoms with Crippen LogP contribution >= 0.6 is 0 Å². The predicted molar refractivity (Wildman–Crippen MR) is 121 cm³/mol. The number of anilines is 1. The van der Waals surface area contributed by atoms with Crippen molar-refractivity contribution in [1.29, 1.82) is 0 Å². The number of aromatic nitrogens is 1. The maximum atomic E-state index is 14.0. The van der Waals surface area contributed by atoms with Crippen LogP contribution < -0.4 is 11.1 Å². The monoisotopic (exact) mass is 471 g/mol. The maximum Gasteiger partial charge on any atom is 0.338 e. The zero-order chi connectivity index (χ0) is 25.0. The van der Waals surface area contributed by atoms with Crippen molar-refractivity contribution in [2.24, 2.45) is 5.73 Å². The second kappa shape index (κ2) is 9.94. The van der Waals surface area contributed by atoms with Gasteiger partial charge in [0.15, 0.2) is 11.6 Å². The van der Waals surface area contributed by atoms with Crippen LogP contribution in [0.15, 0.2) is 48.7 Å². The molecule has 0 unspecified atom stereocenters. The molecule has 2 aromatic carbocycles. The summed E-state index contributed by atoms with van der Waals surface area (Å²) in [6.45, 7) is 4.93. The number of nitrogens with one attached hydrogen (secondary N) is 1. The number of primary amides is 1. The molecule has 6 nitrogen and oxygen atoms in total. The van der Waals surface area contributed by atoms with Gasteiger partial charge in [0.05, 0.1) is 16.8 Å². The van der Waals surface area contributed by atoms with Crippen molar-refractivity contribution >= 4 is 17.6 Å². The summed E-state index contributed by atoms with van der Waals surface area (Å²) in [5, 5.41) is 2.74. The number of esters is 1. The Morgan fingerprint density at radius 1 is 1.03 bits per heavy atom. The Kier molecular flexibility index (Phi) is 7.24. The molecule has 0 spiro atoms. The number of amides is 1. The molecule has 0 aliphatic rings. The van der Waals surface area contributed by atoms with E-state index in [4.69, 9.17) is 10.5 Å². The number of ether oxygens (including phenoxy) is 1. The summed E-state index contributed by atoms with van der Waals surface area (Å²) < 4.78 is 46.8. The molecule has 178 valence electrons. The molecule has 3 aromatic rings. The van der Waals surface area contributed by atoms with Crippen LogP contribution in [0, 0.1) is 17.5 Å². The molecule has 0 fully saturated rings. The molecule has 0 aliphatic heterocycles. The second-order valence-corrected chi connectivity index (χ2v) is 8.64. The number of rotatable bonds is 7. The Morgan fingerprint density at radius 3 is 2.29 bits per heavy atom. The first kappa shape index (κ1) is 24.8. The largest absolute Gasteiger partial charge is 0.456 e. The van der Waals surface area contributed by atoms with Gasteiger partial charge in [0.2, 0.25) is 0 Å². The van der Waals surface area contributed by atoms with Crippen molar-refractivity contribution in [2.45, 2.75) is 39.3 Å². The lowest BCUT2D eigenvalue weighted by molar-refractivity contribution is 0.00694. The minimum Gasteiger partial charge on any atom is -0.456 e. The van der Waals surface area contributed by atoms with Gasteiger partial charge in [-0.3, -0.25) is 9.78 Å². The Morgan fingerprint density at radius 2 is 1.68 bits per heavy atom. The number of pyridine rings is 1. The SMILES string of the molecule is CC(C)(C)OC(=O)c1ccc(Cc2cc(NCc3c(F)ccc(F)c3F)c(C(N)=O)cn2)cc1. The number of halogens is 3. The van der Waals surface area contributed by atoms with Crippen LogP contribution in [0.25, 0.3) is 0 Å². The lowest BCUT2D eigenvalue weighted by atomic mass is 10.1. The van der Waals surface area contributed by atoms with Crippen LogP contribution in [0.5, 0.6) is 0 Å². The molecule has 1 heterocycles. The fourth-order valence-corrected chi connectivity index (χ4v) is 3.16. The average Bonchev–Trinajstić information content (AvgIpc) is 2.75. The van der Waals surface area contributed by atoms with Crippen molar-refractivity contribution in [3.8, 4) is 0 Å². The zero-order valence-electron chi connectivity index (χ0n) is 18.9. The van der Waals surface area contributed by atoms with Gasteiger partial charge in [-0.1, -0.05) is 12.1 Å². The van der Waals surface area contributed by atoms with Gasteiger partial charge in [-0.2, -0.15) is 0 Å². The van der Waals surface area contributed by atoms with Crippen LogP contribution in [0.3, 0.4) is 0 Å². The molecule has 1 amide bonds. The summed E-state index contributed by atoms with van der Waals surface area (Å²) in [6.07, 6.45) is 1.60. The highest BCUT2D eigenvalue weighted by Crippen LogP contribution is 2.22. The Hall–Kier alpha value is -3.88. The molecule has 0 saturated heterocycles. The summed E-state index contributed by atoms with van der Waals surface area (Å²) in [5.41, 5.74) is 6.23. The van der Waals surface area contributed by atoms with Crippen molar-refractivity contribution in [3.63, 3.8) is 0 Å². The smallest absolute Gasteiger partial charge is 0.338 e. The molecule has 3 N–H and O–H groups in total. The maximum absolute atomic E-state index is 14.0. The van der Waals surface area contributed by atoms with Gasteiger partial charge in [-0.05, 0) is 56.7 Å². The second-order valence-electron chi connectivity index (χ2n) is 8.64. The van der Waals surface area contributed by atoms with Crippen LogP contribution in [-0.4, -0.2) is 22.5 Å². The molecule has 3 rings (SSSR count). The van der Waals surface area contributed by atoms with Crippen LogP contribution in [0.2, 0.25) is 0 Å². The van der Waals surface area contributed by atoms with Gasteiger partial charge in [0.25, 0.3) is 5.91 Å². The van der Waals surface area contributed by atoms with E-state index in [1.165, 1.54) is 12.3 Å². The summed E-state index contributed by atoms with van der Waals surface area (Å²) in [6, 6.07) is 9.80. The van der Waals surface area contributed by atoms with E-state index in [1.54, 1.807) is 45.0 Å². The molecule has 9 heteroatoms. The Balaban J connectivity index is 1.79. The van der Waals surface area contributed by atoms with Gasteiger partial charge in [-0.15, -0.1) is 0 Å². The van der Waals surface area contributed by atoms with Crippen molar-refractivity contribution in [1.82, 2.24) is 4.98 Å². The highest BCUT2D eigenvalue weighted by atomic mass is 19.2. The highest BCUT2D eigenvalue weighted by Gasteiger charge is 2.18. The van der Waals surface area contributed by atoms with Gasteiger partial charge in [0, 0.05) is 30.4 Å². The first-order chi connectivity index (χ1) is 15.9. The number of nitrogens with zero attached hydrogens (tertiary/aromatic N) is 1. The van der Waals surface area contributed by atoms with E-state index < -0.39 is 47.0 Å². The fraction of sp³-hybridized carbons (Fsp3) is 0.240. The average molecular weight is 471 g/mol. The number of nitrogens with two attached hydrogens (primary N) is 1. The first-order valence-corrected chi connectivity index (χ1v) is 10.4. The van der Waals surface area contributed by atoms with Crippen molar-refractivity contribution in [3.05, 3.63) is 94.1 Å². The van der Waals surface area contributed by atoms with E-state index in [0.717, 1.165) is 11.6 Å². The molecule has 34 heavy (non-hydrogen) atoms. The quantitative estimate of drug-likeness (QED) is 0.383. The molecule has 0 bridgehead atoms. The molecule has 1 aromatic heterocycles. The topological polar surface area (TPSA) is 94.3 Å². The summed E-state index contributed by atoms with van der Waals surface area (Å²) in [4.78, 5) is 28.2. The molecular formula is C25H24F3N3O3. The minimum absolute atomic E-state index is 0.0150. The lowest BCUT2D eigenvalue weighted by Crippen LogP contribution is -2.23. The first-order valence-electron chi connectivity index (χ1n) is 10.4. The van der Waals surface area contributed by atoms with Crippen LogP contribution in [0.1, 0.15) is 58.3 Å². The van der Waals surface area contributed by atoms with Crippen LogP contribution in [0.4, 0.5) is 18.9 Å². The minimum atomic E-state index is -1.31.